The van der Waals surface area contributed by atoms with Crippen LogP contribution in [0.25, 0.3) is 0 Å². The van der Waals surface area contributed by atoms with E-state index in [-0.39, 0.29) is 11.5 Å². The smallest absolute Gasteiger partial charge is 0.251 e. The molecule has 5 nitrogen and oxygen atoms in total. The van der Waals surface area contributed by atoms with E-state index in [0.29, 0.717) is 36.1 Å². The fourth-order valence-corrected chi connectivity index (χ4v) is 3.03. The summed E-state index contributed by atoms with van der Waals surface area (Å²) < 4.78 is 25.5. The Kier molecular flexibility index (Phi) is 5.10. The van der Waals surface area contributed by atoms with Gasteiger partial charge < -0.3 is 20.1 Å². The summed E-state index contributed by atoms with van der Waals surface area (Å²) in [7, 11) is 0. The quantitative estimate of drug-likeness (QED) is 0.691. The lowest BCUT2D eigenvalue weighted by Crippen LogP contribution is -2.28. The molecule has 4 rings (SSSR count). The number of hydrogen-bond acceptors (Lipinski definition) is 4. The number of para-hydroxylation sites is 1. The molecule has 0 bridgehead atoms. The van der Waals surface area contributed by atoms with Crippen molar-refractivity contribution >= 4 is 17.3 Å². The maximum atomic E-state index is 14.4. The molecule has 0 aliphatic carbocycles. The first-order valence-corrected chi connectivity index (χ1v) is 8.97. The van der Waals surface area contributed by atoms with Crippen molar-refractivity contribution < 1.29 is 18.7 Å². The van der Waals surface area contributed by atoms with Gasteiger partial charge in [-0.3, -0.25) is 4.79 Å². The van der Waals surface area contributed by atoms with Crippen molar-refractivity contribution in [3.63, 3.8) is 0 Å². The number of carbonyl (C=O) groups is 1. The van der Waals surface area contributed by atoms with Crippen LogP contribution in [0.15, 0.2) is 72.8 Å². The summed E-state index contributed by atoms with van der Waals surface area (Å²) in [4.78, 5) is 13.0. The molecule has 1 unspecified atom stereocenters. The molecule has 1 aliphatic rings. The van der Waals surface area contributed by atoms with Gasteiger partial charge in [0.05, 0.1) is 0 Å². The normalized spacial score (nSPS) is 13.5. The van der Waals surface area contributed by atoms with Gasteiger partial charge in [-0.25, -0.2) is 4.39 Å². The van der Waals surface area contributed by atoms with Gasteiger partial charge in [-0.1, -0.05) is 36.4 Å². The molecule has 142 valence electrons. The monoisotopic (exact) mass is 378 g/mol. The van der Waals surface area contributed by atoms with Gasteiger partial charge in [0.25, 0.3) is 5.91 Å². The average Bonchev–Trinajstić information content (AvgIpc) is 2.73. The van der Waals surface area contributed by atoms with E-state index >= 15 is 0 Å². The Hall–Kier alpha value is -3.54. The van der Waals surface area contributed by atoms with Gasteiger partial charge in [0.1, 0.15) is 25.1 Å². The van der Waals surface area contributed by atoms with Crippen LogP contribution in [-0.4, -0.2) is 19.1 Å². The number of carbonyl (C=O) groups excluding carboxylic acids is 1. The van der Waals surface area contributed by atoms with Crippen LogP contribution in [0.5, 0.6) is 11.5 Å². The summed E-state index contributed by atoms with van der Waals surface area (Å²) in [6, 6.07) is 19.7. The zero-order chi connectivity index (χ0) is 19.3. The summed E-state index contributed by atoms with van der Waals surface area (Å²) >= 11 is 0. The molecule has 1 amide bonds. The molecular weight excluding hydrogens is 359 g/mol. The Morgan fingerprint density at radius 3 is 2.36 bits per heavy atom. The highest BCUT2D eigenvalue weighted by Gasteiger charge is 2.24. The molecule has 1 aliphatic heterocycles. The standard InChI is InChI=1S/C22H19FN2O3/c23-18-9-5-4-8-17(18)21(24-15-6-2-1-3-7-15)22(26)25-16-10-11-19-20(14-16)28-13-12-27-19/h1-11,14,21,24H,12-13H2,(H,25,26). The Morgan fingerprint density at radius 1 is 0.857 bits per heavy atom. The van der Waals surface area contributed by atoms with Gasteiger partial charge in [-0.05, 0) is 30.3 Å². The van der Waals surface area contributed by atoms with Crippen LogP contribution in [0.3, 0.4) is 0 Å². The second-order valence-electron chi connectivity index (χ2n) is 6.31. The van der Waals surface area contributed by atoms with Crippen molar-refractivity contribution in [3.8, 4) is 11.5 Å². The summed E-state index contributed by atoms with van der Waals surface area (Å²) in [5.41, 5.74) is 1.53. The number of halogens is 1. The van der Waals surface area contributed by atoms with Crippen LogP contribution < -0.4 is 20.1 Å². The molecular formula is C22H19FN2O3. The first kappa shape index (κ1) is 17.9. The van der Waals surface area contributed by atoms with Crippen LogP contribution in [0.1, 0.15) is 11.6 Å². The topological polar surface area (TPSA) is 59.6 Å². The lowest BCUT2D eigenvalue weighted by atomic mass is 10.0. The number of rotatable bonds is 5. The van der Waals surface area contributed by atoms with E-state index in [4.69, 9.17) is 9.47 Å². The maximum Gasteiger partial charge on any atom is 0.251 e. The fraction of sp³-hybridized carbons (Fsp3) is 0.136. The van der Waals surface area contributed by atoms with Gasteiger partial charge in [0.2, 0.25) is 0 Å². The first-order valence-electron chi connectivity index (χ1n) is 8.97. The largest absolute Gasteiger partial charge is 0.486 e. The van der Waals surface area contributed by atoms with E-state index in [1.54, 1.807) is 36.4 Å². The van der Waals surface area contributed by atoms with E-state index in [1.807, 2.05) is 30.3 Å². The summed E-state index contributed by atoms with van der Waals surface area (Å²) in [6.45, 7) is 0.951. The van der Waals surface area contributed by atoms with E-state index < -0.39 is 11.9 Å². The molecule has 3 aromatic rings. The maximum absolute atomic E-state index is 14.4. The molecule has 2 N–H and O–H groups in total. The van der Waals surface area contributed by atoms with Crippen molar-refractivity contribution in [1.29, 1.82) is 0 Å². The zero-order valence-corrected chi connectivity index (χ0v) is 15.0. The Morgan fingerprint density at radius 2 is 1.57 bits per heavy atom. The number of ether oxygens (including phenoxy) is 2. The second kappa shape index (κ2) is 8.00. The highest BCUT2D eigenvalue weighted by molar-refractivity contribution is 5.97. The number of amides is 1. The molecule has 0 saturated heterocycles. The molecule has 6 heteroatoms. The molecule has 1 heterocycles. The van der Waals surface area contributed by atoms with Gasteiger partial charge in [-0.2, -0.15) is 0 Å². The number of benzene rings is 3. The van der Waals surface area contributed by atoms with E-state index in [9.17, 15) is 9.18 Å². The summed E-state index contributed by atoms with van der Waals surface area (Å²) in [6.07, 6.45) is 0. The Balaban J connectivity index is 1.60. The van der Waals surface area contributed by atoms with Crippen molar-refractivity contribution in [2.75, 3.05) is 23.8 Å². The predicted octanol–water partition coefficient (Wildman–Crippen LogP) is 4.39. The highest BCUT2D eigenvalue weighted by atomic mass is 19.1. The highest BCUT2D eigenvalue weighted by Crippen LogP contribution is 2.33. The number of fused-ring (bicyclic) bond motifs is 1. The molecule has 1 atom stereocenters. The molecule has 0 spiro atoms. The fourth-order valence-electron chi connectivity index (χ4n) is 3.03. The average molecular weight is 378 g/mol. The Labute approximate surface area is 162 Å². The molecule has 0 saturated carbocycles. The van der Waals surface area contributed by atoms with Crippen molar-refractivity contribution in [2.45, 2.75) is 6.04 Å². The minimum atomic E-state index is -0.906. The van der Waals surface area contributed by atoms with Gasteiger partial charge in [0, 0.05) is 23.0 Å². The third-order valence-corrected chi connectivity index (χ3v) is 4.37. The van der Waals surface area contributed by atoms with Crippen LogP contribution in [0, 0.1) is 5.82 Å². The lowest BCUT2D eigenvalue weighted by Gasteiger charge is -2.22. The van der Waals surface area contributed by atoms with E-state index in [1.165, 1.54) is 6.07 Å². The van der Waals surface area contributed by atoms with Crippen molar-refractivity contribution in [2.24, 2.45) is 0 Å². The lowest BCUT2D eigenvalue weighted by molar-refractivity contribution is -0.117. The predicted molar refractivity (Wildman–Crippen MR) is 105 cm³/mol. The van der Waals surface area contributed by atoms with Crippen LogP contribution in [-0.2, 0) is 4.79 Å². The van der Waals surface area contributed by atoms with E-state index in [0.717, 1.165) is 0 Å². The van der Waals surface area contributed by atoms with Gasteiger partial charge in [-0.15, -0.1) is 0 Å². The number of nitrogens with one attached hydrogen (secondary N) is 2. The summed E-state index contributed by atoms with van der Waals surface area (Å²) in [5.74, 6) is 0.374. The first-order chi connectivity index (χ1) is 13.7. The molecule has 0 aromatic heterocycles. The van der Waals surface area contributed by atoms with Crippen LogP contribution in [0.2, 0.25) is 0 Å². The molecule has 0 radical (unpaired) electrons. The zero-order valence-electron chi connectivity index (χ0n) is 15.0. The van der Waals surface area contributed by atoms with Crippen molar-refractivity contribution in [3.05, 3.63) is 84.2 Å². The minimum Gasteiger partial charge on any atom is -0.486 e. The summed E-state index contributed by atoms with van der Waals surface area (Å²) in [5, 5.41) is 5.94. The van der Waals surface area contributed by atoms with E-state index in [2.05, 4.69) is 10.6 Å². The van der Waals surface area contributed by atoms with Gasteiger partial charge >= 0.3 is 0 Å². The Bertz CT molecular complexity index is 979. The third kappa shape index (κ3) is 3.91. The van der Waals surface area contributed by atoms with Crippen molar-refractivity contribution in [1.82, 2.24) is 0 Å². The molecule has 3 aromatic carbocycles. The molecule has 0 fully saturated rings. The minimum absolute atomic E-state index is 0.265. The van der Waals surface area contributed by atoms with Gasteiger partial charge in [0.15, 0.2) is 11.5 Å². The van der Waals surface area contributed by atoms with Crippen LogP contribution >= 0.6 is 0 Å². The molecule has 28 heavy (non-hydrogen) atoms. The number of hydrogen-bond donors (Lipinski definition) is 2. The second-order valence-corrected chi connectivity index (χ2v) is 6.31. The van der Waals surface area contributed by atoms with Crippen LogP contribution in [0.4, 0.5) is 15.8 Å². The number of anilines is 2. The SMILES string of the molecule is O=C(Nc1ccc2c(c1)OCCO2)C(Nc1ccccc1)c1ccccc1F. The third-order valence-electron chi connectivity index (χ3n) is 4.37.